The van der Waals surface area contributed by atoms with Crippen LogP contribution in [0.3, 0.4) is 0 Å². The van der Waals surface area contributed by atoms with Gasteiger partial charge in [-0.05, 0) is 70.8 Å². The number of nitrogens with zero attached hydrogens (tertiary/aromatic N) is 4. The van der Waals surface area contributed by atoms with Crippen LogP contribution in [-0.4, -0.2) is 8.97 Å². The molecule has 3 heterocycles. The second-order valence-corrected chi connectivity index (χ2v) is 12.4. The van der Waals surface area contributed by atoms with E-state index in [2.05, 4.69) is 130 Å². The first kappa shape index (κ1) is 26.3. The van der Waals surface area contributed by atoms with Crippen molar-refractivity contribution < 1.29 is 0 Å². The van der Waals surface area contributed by atoms with Gasteiger partial charge < -0.3 is 8.97 Å². The maximum atomic E-state index is 9.98. The van der Waals surface area contributed by atoms with Crippen molar-refractivity contribution in [3.05, 3.63) is 157 Å². The lowest BCUT2D eigenvalue weighted by Crippen LogP contribution is -1.95. The van der Waals surface area contributed by atoms with E-state index in [1.54, 1.807) is 0 Å². The standard InChI is InChI=1S/C44H24N4/c45-25-27-14-17-34-37-24-41-42(43-36-19-16-32(30-10-5-2-6-11-30)23-40(36)48(44(37)43)38(34)20-27)35-18-15-28(26-46)21-39(35)47(41)33-13-7-12-31(22-33)29-8-3-1-4-9-29/h1-24H. The zero-order chi connectivity index (χ0) is 31.9. The minimum atomic E-state index is 0.624. The van der Waals surface area contributed by atoms with E-state index >= 15 is 0 Å². The van der Waals surface area contributed by atoms with Crippen molar-refractivity contribution in [1.82, 2.24) is 8.97 Å². The normalized spacial score (nSPS) is 11.7. The lowest BCUT2D eigenvalue weighted by atomic mass is 9.99. The van der Waals surface area contributed by atoms with Crippen molar-refractivity contribution in [2.45, 2.75) is 0 Å². The van der Waals surface area contributed by atoms with Gasteiger partial charge in [0.05, 0.1) is 50.8 Å². The van der Waals surface area contributed by atoms with Crippen LogP contribution in [0.4, 0.5) is 0 Å². The van der Waals surface area contributed by atoms with Crippen molar-refractivity contribution in [2.75, 3.05) is 0 Å². The van der Waals surface area contributed by atoms with Gasteiger partial charge in [0.1, 0.15) is 0 Å². The monoisotopic (exact) mass is 608 g/mol. The molecule has 0 aliphatic rings. The minimum Gasteiger partial charge on any atom is -0.309 e. The van der Waals surface area contributed by atoms with Crippen LogP contribution in [-0.2, 0) is 0 Å². The van der Waals surface area contributed by atoms with Gasteiger partial charge in [0, 0.05) is 38.0 Å². The summed E-state index contributed by atoms with van der Waals surface area (Å²) in [5, 5.41) is 26.7. The van der Waals surface area contributed by atoms with Gasteiger partial charge in [-0.1, -0.05) is 97.1 Å². The summed E-state index contributed by atoms with van der Waals surface area (Å²) in [6.45, 7) is 0. The molecular weight excluding hydrogens is 585 g/mol. The van der Waals surface area contributed by atoms with Gasteiger partial charge >= 0.3 is 0 Å². The van der Waals surface area contributed by atoms with E-state index < -0.39 is 0 Å². The van der Waals surface area contributed by atoms with Gasteiger partial charge in [0.15, 0.2) is 0 Å². The van der Waals surface area contributed by atoms with E-state index in [4.69, 9.17) is 0 Å². The molecule has 3 aromatic heterocycles. The molecule has 7 aromatic carbocycles. The van der Waals surface area contributed by atoms with Crippen molar-refractivity contribution in [1.29, 1.82) is 10.5 Å². The maximum Gasteiger partial charge on any atom is 0.0992 e. The summed E-state index contributed by atoms with van der Waals surface area (Å²) in [4.78, 5) is 0. The lowest BCUT2D eigenvalue weighted by Gasteiger charge is -2.11. The fourth-order valence-electron chi connectivity index (χ4n) is 7.79. The van der Waals surface area contributed by atoms with Crippen LogP contribution in [0.5, 0.6) is 0 Å². The number of nitriles is 2. The van der Waals surface area contributed by atoms with Crippen molar-refractivity contribution in [3.63, 3.8) is 0 Å². The molecule has 0 saturated heterocycles. The number of fused-ring (bicyclic) bond motifs is 10. The molecule has 0 amide bonds. The molecule has 0 aliphatic heterocycles. The molecule has 4 heteroatoms. The van der Waals surface area contributed by atoms with Crippen LogP contribution in [0.15, 0.2) is 146 Å². The Bertz CT molecular complexity index is 3000. The van der Waals surface area contributed by atoms with E-state index in [0.717, 1.165) is 82.5 Å². The third kappa shape index (κ3) is 3.57. The summed E-state index contributed by atoms with van der Waals surface area (Å²) in [6, 6.07) is 55.4. The Morgan fingerprint density at radius 1 is 0.396 bits per heavy atom. The fraction of sp³-hybridized carbons (Fsp3) is 0. The lowest BCUT2D eigenvalue weighted by molar-refractivity contribution is 1.18. The van der Waals surface area contributed by atoms with E-state index in [0.29, 0.717) is 11.1 Å². The van der Waals surface area contributed by atoms with Crippen molar-refractivity contribution >= 4 is 59.9 Å². The Morgan fingerprint density at radius 3 is 1.69 bits per heavy atom. The molecule has 10 rings (SSSR count). The number of rotatable bonds is 3. The van der Waals surface area contributed by atoms with Gasteiger partial charge in [-0.25, -0.2) is 0 Å². The molecule has 0 radical (unpaired) electrons. The molecule has 10 aromatic rings. The second-order valence-electron chi connectivity index (χ2n) is 12.4. The number of benzene rings is 7. The highest BCUT2D eigenvalue weighted by atomic mass is 15.0. The Morgan fingerprint density at radius 2 is 0.979 bits per heavy atom. The maximum absolute atomic E-state index is 9.98. The summed E-state index contributed by atoms with van der Waals surface area (Å²) in [7, 11) is 0. The van der Waals surface area contributed by atoms with Gasteiger partial charge in [-0.3, -0.25) is 0 Å². The largest absolute Gasteiger partial charge is 0.309 e. The van der Waals surface area contributed by atoms with Crippen molar-refractivity contribution in [3.8, 4) is 40.1 Å². The minimum absolute atomic E-state index is 0.624. The van der Waals surface area contributed by atoms with Crippen LogP contribution in [0.2, 0.25) is 0 Å². The Balaban J connectivity index is 1.41. The Kier molecular flexibility index (Phi) is 5.38. The third-order valence-electron chi connectivity index (χ3n) is 9.87. The van der Waals surface area contributed by atoms with Gasteiger partial charge in [-0.15, -0.1) is 0 Å². The molecular formula is C44H24N4. The molecule has 220 valence electrons. The number of hydrogen-bond donors (Lipinski definition) is 0. The second kappa shape index (κ2) is 9.81. The zero-order valence-corrected chi connectivity index (χ0v) is 25.6. The predicted octanol–water partition coefficient (Wildman–Crippen LogP) is 11.0. The average molecular weight is 609 g/mol. The summed E-state index contributed by atoms with van der Waals surface area (Å²) in [5.41, 5.74) is 12.2. The SMILES string of the molecule is N#Cc1ccc2c3c4c5ccc(-c6ccccc6)cc5n5c6cc(C#N)ccc6c(cc3n(-c3cccc(-c6ccccc6)c3)c2c1)c45. The van der Waals surface area contributed by atoms with E-state index in [9.17, 15) is 10.5 Å². The predicted molar refractivity (Wildman–Crippen MR) is 196 cm³/mol. The highest BCUT2D eigenvalue weighted by Crippen LogP contribution is 2.47. The van der Waals surface area contributed by atoms with Gasteiger partial charge in [0.25, 0.3) is 0 Å². The summed E-state index contributed by atoms with van der Waals surface area (Å²) >= 11 is 0. The molecule has 0 aliphatic carbocycles. The van der Waals surface area contributed by atoms with Crippen LogP contribution >= 0.6 is 0 Å². The topological polar surface area (TPSA) is 56.9 Å². The molecule has 0 atom stereocenters. The molecule has 0 saturated carbocycles. The average Bonchev–Trinajstić information content (AvgIpc) is 3.78. The fourth-order valence-corrected chi connectivity index (χ4v) is 7.79. The first-order chi connectivity index (χ1) is 23.7. The van der Waals surface area contributed by atoms with Crippen LogP contribution in [0, 0.1) is 22.7 Å². The highest BCUT2D eigenvalue weighted by molar-refractivity contribution is 6.36. The summed E-state index contributed by atoms with van der Waals surface area (Å²) in [6.07, 6.45) is 0. The first-order valence-corrected chi connectivity index (χ1v) is 16.0. The van der Waals surface area contributed by atoms with Crippen LogP contribution < -0.4 is 0 Å². The van der Waals surface area contributed by atoms with E-state index in [-0.39, 0.29) is 0 Å². The highest BCUT2D eigenvalue weighted by Gasteiger charge is 2.25. The quantitative estimate of drug-likeness (QED) is 0.200. The Hall–Kier alpha value is -6.88. The Labute approximate surface area is 275 Å². The number of aromatic nitrogens is 2. The molecule has 0 bridgehead atoms. The summed E-state index contributed by atoms with van der Waals surface area (Å²) in [5.74, 6) is 0. The summed E-state index contributed by atoms with van der Waals surface area (Å²) < 4.78 is 4.67. The molecule has 48 heavy (non-hydrogen) atoms. The molecule has 0 spiro atoms. The first-order valence-electron chi connectivity index (χ1n) is 16.0. The van der Waals surface area contributed by atoms with E-state index in [1.807, 2.05) is 36.4 Å². The third-order valence-corrected chi connectivity index (χ3v) is 9.87. The van der Waals surface area contributed by atoms with Crippen LogP contribution in [0.1, 0.15) is 11.1 Å². The molecule has 4 nitrogen and oxygen atoms in total. The van der Waals surface area contributed by atoms with Crippen molar-refractivity contribution in [2.24, 2.45) is 0 Å². The number of hydrogen-bond acceptors (Lipinski definition) is 2. The molecule has 0 fully saturated rings. The van der Waals surface area contributed by atoms with Gasteiger partial charge in [-0.2, -0.15) is 10.5 Å². The van der Waals surface area contributed by atoms with Crippen LogP contribution in [0.25, 0.3) is 87.8 Å². The molecule has 0 N–H and O–H groups in total. The van der Waals surface area contributed by atoms with E-state index in [1.165, 1.54) is 5.39 Å². The zero-order valence-electron chi connectivity index (χ0n) is 25.6. The molecule has 0 unspecified atom stereocenters. The van der Waals surface area contributed by atoms with Gasteiger partial charge in [0.2, 0.25) is 0 Å². The smallest absolute Gasteiger partial charge is 0.0992 e.